The predicted octanol–water partition coefficient (Wildman–Crippen LogP) is 3.08. The molecule has 0 radical (unpaired) electrons. The highest BCUT2D eigenvalue weighted by atomic mass is 79.9. The molecule has 2 N–H and O–H groups in total. The highest BCUT2D eigenvalue weighted by molar-refractivity contribution is 9.10. The summed E-state index contributed by atoms with van der Waals surface area (Å²) in [6, 6.07) is 4.90. The zero-order valence-electron chi connectivity index (χ0n) is 11.6. The summed E-state index contributed by atoms with van der Waals surface area (Å²) in [6.07, 6.45) is 2.38. The van der Waals surface area contributed by atoms with Crippen molar-refractivity contribution < 1.29 is 14.0 Å². The Balaban J connectivity index is 2.77. The van der Waals surface area contributed by atoms with Gasteiger partial charge in [-0.25, -0.2) is 4.39 Å². The van der Waals surface area contributed by atoms with E-state index in [9.17, 15) is 4.39 Å². The summed E-state index contributed by atoms with van der Waals surface area (Å²) in [6.45, 7) is 1.38. The molecule has 0 bridgehead atoms. The number of methoxy groups -OCH3 is 1. The van der Waals surface area contributed by atoms with Gasteiger partial charge in [-0.15, -0.1) is 0 Å². The molecule has 1 aromatic rings. The first-order chi connectivity index (χ1) is 9.69. The van der Waals surface area contributed by atoms with Crippen LogP contribution in [0.25, 0.3) is 0 Å². The van der Waals surface area contributed by atoms with E-state index in [1.54, 1.807) is 19.2 Å². The third-order valence-electron chi connectivity index (χ3n) is 2.64. The monoisotopic (exact) mass is 346 g/mol. The first-order valence-electron chi connectivity index (χ1n) is 6.52. The minimum atomic E-state index is -0.318. The summed E-state index contributed by atoms with van der Waals surface area (Å²) in [4.78, 5) is 5.09. The summed E-state index contributed by atoms with van der Waals surface area (Å²) in [5.41, 5.74) is 6.41. The minimum Gasteiger partial charge on any atom is -0.394 e. The molecule has 0 fully saturated rings. The normalized spacial score (nSPS) is 11.7. The molecule has 0 heterocycles. The molecule has 0 saturated heterocycles. The Kier molecular flexibility index (Phi) is 8.41. The van der Waals surface area contributed by atoms with Crippen LogP contribution in [0.1, 0.15) is 24.8 Å². The standard InChI is InChI=1S/C14H20BrFN2O2/c1-19-8-3-2-4-14(18-20-9-7-17)12-6-5-11(15)10-13(12)16/h5-6,10H,2-4,7-9,17H2,1H3/b18-14+. The molecule has 1 aromatic carbocycles. The van der Waals surface area contributed by atoms with Gasteiger partial charge in [0.25, 0.3) is 0 Å². The van der Waals surface area contributed by atoms with Gasteiger partial charge in [-0.2, -0.15) is 0 Å². The molecule has 6 heteroatoms. The Labute approximate surface area is 127 Å². The van der Waals surface area contributed by atoms with Gasteiger partial charge in [0, 0.05) is 30.3 Å². The summed E-state index contributed by atoms with van der Waals surface area (Å²) < 4.78 is 19.7. The number of hydrogen-bond donors (Lipinski definition) is 1. The molecule has 0 atom stereocenters. The van der Waals surface area contributed by atoms with E-state index in [2.05, 4.69) is 21.1 Å². The molecule has 4 nitrogen and oxygen atoms in total. The van der Waals surface area contributed by atoms with Gasteiger partial charge in [-0.1, -0.05) is 21.1 Å². The van der Waals surface area contributed by atoms with E-state index < -0.39 is 0 Å². The van der Waals surface area contributed by atoms with Crippen molar-refractivity contribution in [2.24, 2.45) is 10.9 Å². The molecule has 0 spiro atoms. The van der Waals surface area contributed by atoms with Crippen molar-refractivity contribution in [3.63, 3.8) is 0 Å². The van der Waals surface area contributed by atoms with E-state index in [1.165, 1.54) is 6.07 Å². The summed E-state index contributed by atoms with van der Waals surface area (Å²) in [7, 11) is 1.66. The van der Waals surface area contributed by atoms with Crippen LogP contribution in [-0.4, -0.2) is 32.6 Å². The van der Waals surface area contributed by atoms with Crippen molar-refractivity contribution in [3.8, 4) is 0 Å². The molecule has 112 valence electrons. The molecule has 0 unspecified atom stereocenters. The highest BCUT2D eigenvalue weighted by Gasteiger charge is 2.11. The van der Waals surface area contributed by atoms with Crippen molar-refractivity contribution >= 4 is 21.6 Å². The van der Waals surface area contributed by atoms with Crippen LogP contribution in [0.15, 0.2) is 27.8 Å². The average Bonchev–Trinajstić information content (AvgIpc) is 2.42. The molecule has 0 aliphatic rings. The first-order valence-corrected chi connectivity index (χ1v) is 7.31. The summed E-state index contributed by atoms with van der Waals surface area (Å²) >= 11 is 3.24. The molecule has 20 heavy (non-hydrogen) atoms. The maximum Gasteiger partial charge on any atom is 0.133 e. The van der Waals surface area contributed by atoms with Crippen molar-refractivity contribution in [3.05, 3.63) is 34.1 Å². The number of hydrogen-bond acceptors (Lipinski definition) is 4. The number of rotatable bonds is 9. The van der Waals surface area contributed by atoms with Crippen molar-refractivity contribution in [2.45, 2.75) is 19.3 Å². The van der Waals surface area contributed by atoms with Gasteiger partial charge >= 0.3 is 0 Å². The third kappa shape index (κ3) is 5.98. The van der Waals surface area contributed by atoms with Crippen LogP contribution in [0, 0.1) is 5.82 Å². The predicted molar refractivity (Wildman–Crippen MR) is 81.4 cm³/mol. The first kappa shape index (κ1) is 17.1. The van der Waals surface area contributed by atoms with E-state index in [0.717, 1.165) is 12.8 Å². The average molecular weight is 347 g/mol. The maximum atomic E-state index is 14.0. The van der Waals surface area contributed by atoms with E-state index in [4.69, 9.17) is 15.3 Å². The van der Waals surface area contributed by atoms with Crippen molar-refractivity contribution in [1.82, 2.24) is 0 Å². The molecule has 0 aliphatic carbocycles. The smallest absolute Gasteiger partial charge is 0.133 e. The van der Waals surface area contributed by atoms with Crippen LogP contribution >= 0.6 is 15.9 Å². The Bertz CT molecular complexity index is 441. The summed E-state index contributed by atoms with van der Waals surface area (Å²) in [5, 5.41) is 4.01. The number of nitrogens with zero attached hydrogens (tertiary/aromatic N) is 1. The zero-order valence-corrected chi connectivity index (χ0v) is 13.2. The fourth-order valence-electron chi connectivity index (χ4n) is 1.67. The van der Waals surface area contributed by atoms with Gasteiger partial charge in [-0.3, -0.25) is 0 Å². The van der Waals surface area contributed by atoms with Crippen molar-refractivity contribution in [2.75, 3.05) is 26.9 Å². The van der Waals surface area contributed by atoms with Gasteiger partial charge in [0.2, 0.25) is 0 Å². The molecule has 0 saturated carbocycles. The Morgan fingerprint density at radius 1 is 1.35 bits per heavy atom. The van der Waals surface area contributed by atoms with Crippen LogP contribution < -0.4 is 5.73 Å². The van der Waals surface area contributed by atoms with Gasteiger partial charge in [0.15, 0.2) is 0 Å². The number of unbranched alkanes of at least 4 members (excludes halogenated alkanes) is 1. The minimum absolute atomic E-state index is 0.318. The highest BCUT2D eigenvalue weighted by Crippen LogP contribution is 2.18. The number of benzene rings is 1. The zero-order chi connectivity index (χ0) is 14.8. The van der Waals surface area contributed by atoms with Crippen LogP contribution in [0.4, 0.5) is 4.39 Å². The second kappa shape index (κ2) is 9.85. The topological polar surface area (TPSA) is 56.8 Å². The van der Waals surface area contributed by atoms with Crippen LogP contribution in [0.5, 0.6) is 0 Å². The largest absolute Gasteiger partial charge is 0.394 e. The molecule has 0 amide bonds. The lowest BCUT2D eigenvalue weighted by atomic mass is 10.0. The SMILES string of the molecule is COCCCC/C(=N\OCCN)c1ccc(Br)cc1F. The van der Waals surface area contributed by atoms with E-state index in [1.807, 2.05) is 0 Å². The maximum absolute atomic E-state index is 14.0. The quantitative estimate of drug-likeness (QED) is 0.424. The lowest BCUT2D eigenvalue weighted by Gasteiger charge is -2.08. The van der Waals surface area contributed by atoms with E-state index >= 15 is 0 Å². The summed E-state index contributed by atoms with van der Waals surface area (Å²) in [5.74, 6) is -0.318. The van der Waals surface area contributed by atoms with Gasteiger partial charge in [0.05, 0.1) is 5.71 Å². The van der Waals surface area contributed by atoms with Gasteiger partial charge in [-0.05, 0) is 37.5 Å². The molecule has 1 rings (SSSR count). The van der Waals surface area contributed by atoms with Gasteiger partial charge < -0.3 is 15.3 Å². The second-order valence-electron chi connectivity index (χ2n) is 4.23. The number of halogens is 2. The van der Waals surface area contributed by atoms with Gasteiger partial charge in [0.1, 0.15) is 12.4 Å². The Hall–Kier alpha value is -0.980. The molecule has 0 aromatic heterocycles. The Morgan fingerprint density at radius 2 is 2.15 bits per heavy atom. The second-order valence-corrected chi connectivity index (χ2v) is 5.15. The van der Waals surface area contributed by atoms with E-state index in [0.29, 0.717) is 41.9 Å². The molecular weight excluding hydrogens is 327 g/mol. The van der Waals surface area contributed by atoms with Crippen LogP contribution in [0.3, 0.4) is 0 Å². The fourth-order valence-corrected chi connectivity index (χ4v) is 2.00. The fraction of sp³-hybridized carbons (Fsp3) is 0.500. The lowest BCUT2D eigenvalue weighted by molar-refractivity contribution is 0.151. The van der Waals surface area contributed by atoms with E-state index in [-0.39, 0.29) is 5.82 Å². The number of ether oxygens (including phenoxy) is 1. The Morgan fingerprint density at radius 3 is 2.80 bits per heavy atom. The number of nitrogens with two attached hydrogens (primary N) is 1. The van der Waals surface area contributed by atoms with Crippen LogP contribution in [0.2, 0.25) is 0 Å². The molecular formula is C14H20BrFN2O2. The lowest BCUT2D eigenvalue weighted by Crippen LogP contribution is -2.10. The number of oxime groups is 1. The third-order valence-corrected chi connectivity index (χ3v) is 3.13. The molecule has 0 aliphatic heterocycles. The van der Waals surface area contributed by atoms with Crippen LogP contribution in [-0.2, 0) is 9.57 Å². The van der Waals surface area contributed by atoms with Crippen molar-refractivity contribution in [1.29, 1.82) is 0 Å².